The number of benzene rings is 1. The van der Waals surface area contributed by atoms with Gasteiger partial charge in [0.15, 0.2) is 6.61 Å². The molecule has 1 aliphatic heterocycles. The van der Waals surface area contributed by atoms with Crippen molar-refractivity contribution in [1.29, 1.82) is 0 Å². The summed E-state index contributed by atoms with van der Waals surface area (Å²) in [5, 5.41) is 2.98. The van der Waals surface area contributed by atoms with E-state index in [2.05, 4.69) is 10.2 Å². The number of likely N-dealkylation sites (tertiary alicyclic amines) is 1. The van der Waals surface area contributed by atoms with Crippen LogP contribution < -0.4 is 14.8 Å². The van der Waals surface area contributed by atoms with Crippen molar-refractivity contribution in [1.82, 2.24) is 10.2 Å². The number of nitrogens with one attached hydrogen (secondary N) is 1. The number of rotatable bonds is 10. The second kappa shape index (κ2) is 10.9. The lowest BCUT2D eigenvalue weighted by Crippen LogP contribution is -2.40. The maximum Gasteiger partial charge on any atom is 0.257 e. The predicted molar refractivity (Wildman–Crippen MR) is 97.2 cm³/mol. The van der Waals surface area contributed by atoms with E-state index in [0.29, 0.717) is 18.3 Å². The minimum atomic E-state index is -0.0734. The Labute approximate surface area is 150 Å². The molecule has 6 heteroatoms. The Balaban J connectivity index is 1.59. The molecule has 1 fully saturated rings. The molecular weight excluding hydrogens is 320 g/mol. The second-order valence-electron chi connectivity index (χ2n) is 6.27. The number of carbonyl (C=O) groups is 1. The molecule has 1 amide bonds. The first-order valence-electron chi connectivity index (χ1n) is 9.05. The highest BCUT2D eigenvalue weighted by Crippen LogP contribution is 2.18. The van der Waals surface area contributed by atoms with Crippen LogP contribution in [0.1, 0.15) is 19.8 Å². The van der Waals surface area contributed by atoms with E-state index in [0.717, 1.165) is 51.4 Å². The van der Waals surface area contributed by atoms with Crippen molar-refractivity contribution >= 4 is 5.91 Å². The molecule has 25 heavy (non-hydrogen) atoms. The van der Waals surface area contributed by atoms with E-state index in [1.54, 1.807) is 7.11 Å². The molecule has 2 rings (SSSR count). The monoisotopic (exact) mass is 350 g/mol. The van der Waals surface area contributed by atoms with Crippen molar-refractivity contribution in [3.05, 3.63) is 24.3 Å². The van der Waals surface area contributed by atoms with Crippen molar-refractivity contribution in [2.24, 2.45) is 5.92 Å². The van der Waals surface area contributed by atoms with Gasteiger partial charge in [0, 0.05) is 20.2 Å². The van der Waals surface area contributed by atoms with E-state index < -0.39 is 0 Å². The summed E-state index contributed by atoms with van der Waals surface area (Å²) in [6, 6.07) is 7.31. The fraction of sp³-hybridized carbons (Fsp3) is 0.632. The highest BCUT2D eigenvalue weighted by molar-refractivity contribution is 5.77. The van der Waals surface area contributed by atoms with Gasteiger partial charge in [-0.25, -0.2) is 0 Å². The summed E-state index contributed by atoms with van der Waals surface area (Å²) in [5.41, 5.74) is 0. The third-order valence-corrected chi connectivity index (χ3v) is 4.41. The molecule has 1 aromatic carbocycles. The van der Waals surface area contributed by atoms with E-state index in [-0.39, 0.29) is 12.5 Å². The van der Waals surface area contributed by atoms with E-state index >= 15 is 0 Å². The van der Waals surface area contributed by atoms with Gasteiger partial charge in [-0.3, -0.25) is 4.79 Å². The number of nitrogens with zero attached hydrogens (tertiary/aromatic N) is 1. The van der Waals surface area contributed by atoms with Gasteiger partial charge in [-0.15, -0.1) is 0 Å². The topological polar surface area (TPSA) is 60.0 Å². The summed E-state index contributed by atoms with van der Waals surface area (Å²) in [5.74, 6) is 1.95. The minimum absolute atomic E-state index is 0.0423. The first kappa shape index (κ1) is 19.5. The SMILES string of the molecule is CCOc1ccc(OCC(=O)NCC2CCN(CCOC)CC2)cc1. The molecule has 0 aromatic heterocycles. The average molecular weight is 350 g/mol. The van der Waals surface area contributed by atoms with Crippen molar-refractivity contribution in [2.75, 3.05) is 53.1 Å². The summed E-state index contributed by atoms with van der Waals surface area (Å²) in [6.45, 7) is 7.27. The Morgan fingerprint density at radius 3 is 2.40 bits per heavy atom. The fourth-order valence-electron chi connectivity index (χ4n) is 2.89. The zero-order chi connectivity index (χ0) is 17.9. The van der Waals surface area contributed by atoms with Crippen LogP contribution in [-0.2, 0) is 9.53 Å². The van der Waals surface area contributed by atoms with Crippen molar-refractivity contribution in [2.45, 2.75) is 19.8 Å². The van der Waals surface area contributed by atoms with Crippen LogP contribution in [0.15, 0.2) is 24.3 Å². The Morgan fingerprint density at radius 2 is 1.80 bits per heavy atom. The van der Waals surface area contributed by atoms with Crippen LogP contribution in [0.5, 0.6) is 11.5 Å². The van der Waals surface area contributed by atoms with Crippen molar-refractivity contribution in [3.8, 4) is 11.5 Å². The largest absolute Gasteiger partial charge is 0.494 e. The van der Waals surface area contributed by atoms with Gasteiger partial charge in [0.2, 0.25) is 0 Å². The van der Waals surface area contributed by atoms with Crippen molar-refractivity contribution < 1.29 is 19.0 Å². The van der Waals surface area contributed by atoms with E-state index in [1.807, 2.05) is 31.2 Å². The Bertz CT molecular complexity index is 499. The number of methoxy groups -OCH3 is 1. The number of amides is 1. The Kier molecular flexibility index (Phi) is 8.55. The molecule has 1 N–H and O–H groups in total. The molecule has 0 radical (unpaired) electrons. The summed E-state index contributed by atoms with van der Waals surface area (Å²) in [4.78, 5) is 14.4. The number of piperidine rings is 1. The van der Waals surface area contributed by atoms with Gasteiger partial charge >= 0.3 is 0 Å². The molecule has 0 unspecified atom stereocenters. The van der Waals surface area contributed by atoms with Gasteiger partial charge in [-0.1, -0.05) is 0 Å². The Morgan fingerprint density at radius 1 is 1.16 bits per heavy atom. The summed E-state index contributed by atoms with van der Waals surface area (Å²) < 4.78 is 16.0. The molecule has 6 nitrogen and oxygen atoms in total. The maximum atomic E-state index is 11.9. The summed E-state index contributed by atoms with van der Waals surface area (Å²) in [7, 11) is 1.73. The molecule has 1 heterocycles. The van der Waals surface area contributed by atoms with E-state index in [4.69, 9.17) is 14.2 Å². The normalized spacial score (nSPS) is 15.8. The molecule has 0 spiro atoms. The molecule has 1 aromatic rings. The molecule has 140 valence electrons. The molecule has 0 bridgehead atoms. The van der Waals surface area contributed by atoms with Crippen LogP contribution in [0.2, 0.25) is 0 Å². The van der Waals surface area contributed by atoms with E-state index in [9.17, 15) is 4.79 Å². The molecule has 1 saturated heterocycles. The molecule has 0 aliphatic carbocycles. The predicted octanol–water partition coefficient (Wildman–Crippen LogP) is 1.94. The van der Waals surface area contributed by atoms with Gasteiger partial charge in [-0.05, 0) is 63.0 Å². The molecule has 0 atom stereocenters. The second-order valence-corrected chi connectivity index (χ2v) is 6.27. The Hall–Kier alpha value is -1.79. The van der Waals surface area contributed by atoms with Crippen LogP contribution in [0.3, 0.4) is 0 Å². The highest BCUT2D eigenvalue weighted by Gasteiger charge is 2.19. The zero-order valence-corrected chi connectivity index (χ0v) is 15.3. The molecule has 0 saturated carbocycles. The third-order valence-electron chi connectivity index (χ3n) is 4.41. The number of carbonyl (C=O) groups excluding carboxylic acids is 1. The molecule has 1 aliphatic rings. The number of hydrogen-bond donors (Lipinski definition) is 1. The lowest BCUT2D eigenvalue weighted by atomic mass is 9.97. The van der Waals surface area contributed by atoms with Gasteiger partial charge in [0.1, 0.15) is 11.5 Å². The fourth-order valence-corrected chi connectivity index (χ4v) is 2.89. The first-order valence-corrected chi connectivity index (χ1v) is 9.05. The highest BCUT2D eigenvalue weighted by atomic mass is 16.5. The van der Waals surface area contributed by atoms with E-state index in [1.165, 1.54) is 0 Å². The lowest BCUT2D eigenvalue weighted by Gasteiger charge is -2.31. The first-order chi connectivity index (χ1) is 12.2. The maximum absolute atomic E-state index is 11.9. The van der Waals surface area contributed by atoms with Gasteiger partial charge in [-0.2, -0.15) is 0 Å². The van der Waals surface area contributed by atoms with Gasteiger partial charge in [0.05, 0.1) is 13.2 Å². The van der Waals surface area contributed by atoms with Crippen LogP contribution >= 0.6 is 0 Å². The average Bonchev–Trinajstić information content (AvgIpc) is 2.65. The van der Waals surface area contributed by atoms with Crippen molar-refractivity contribution in [3.63, 3.8) is 0 Å². The molecular formula is C19H30N2O4. The standard InChI is InChI=1S/C19H30N2O4/c1-3-24-17-4-6-18(7-5-17)25-15-19(22)20-14-16-8-10-21(11-9-16)12-13-23-2/h4-7,16H,3,8-15H2,1-2H3,(H,20,22). The summed E-state index contributed by atoms with van der Waals surface area (Å²) >= 11 is 0. The van der Waals surface area contributed by atoms with Crippen LogP contribution in [-0.4, -0.2) is 63.9 Å². The van der Waals surface area contributed by atoms with Gasteiger partial charge in [0.25, 0.3) is 5.91 Å². The van der Waals surface area contributed by atoms with Crippen LogP contribution in [0.4, 0.5) is 0 Å². The van der Waals surface area contributed by atoms with Gasteiger partial charge < -0.3 is 24.4 Å². The minimum Gasteiger partial charge on any atom is -0.494 e. The smallest absolute Gasteiger partial charge is 0.257 e. The quantitative estimate of drug-likeness (QED) is 0.699. The number of ether oxygens (including phenoxy) is 3. The lowest BCUT2D eigenvalue weighted by molar-refractivity contribution is -0.123. The summed E-state index contributed by atoms with van der Waals surface area (Å²) in [6.07, 6.45) is 2.23. The van der Waals surface area contributed by atoms with Crippen LogP contribution in [0, 0.1) is 5.92 Å². The third kappa shape index (κ3) is 7.32. The zero-order valence-electron chi connectivity index (χ0n) is 15.3. The number of hydrogen-bond acceptors (Lipinski definition) is 5. The van der Waals surface area contributed by atoms with Crippen LogP contribution in [0.25, 0.3) is 0 Å².